The van der Waals surface area contributed by atoms with Crippen LogP contribution in [-0.4, -0.2) is 85.5 Å². The summed E-state index contributed by atoms with van der Waals surface area (Å²) in [4.78, 5) is 10.2. The Bertz CT molecular complexity index is 1980. The molecule has 0 amide bonds. The van der Waals surface area contributed by atoms with Gasteiger partial charge in [0, 0.05) is 49.2 Å². The SMILES string of the molecule is C=CCOc1ccc2c(c1)C1C(CCCCO)C(CCCCO)C=C3C(=NOC)CC(N(CCC)S(=O)(=O)c4cccc5cccnc45)C(OCC=C)(O2)C31. The Hall–Kier alpha value is -4.07. The predicted octanol–water partition coefficient (Wildman–Crippen LogP) is 7.16. The van der Waals surface area contributed by atoms with Crippen molar-refractivity contribution in [2.75, 3.05) is 40.1 Å². The lowest BCUT2D eigenvalue weighted by atomic mass is 9.55. The maximum Gasteiger partial charge on any atom is 0.245 e. The smallest absolute Gasteiger partial charge is 0.245 e. The number of oxime groups is 1. The average molecular weight is 774 g/mol. The molecule has 2 aliphatic carbocycles. The van der Waals surface area contributed by atoms with E-state index >= 15 is 8.42 Å². The number of aliphatic hydroxyl groups is 2. The van der Waals surface area contributed by atoms with Gasteiger partial charge in [0.2, 0.25) is 15.8 Å². The molecule has 2 N–H and O–H groups in total. The highest BCUT2D eigenvalue weighted by Gasteiger charge is 2.66. The Labute approximate surface area is 325 Å². The van der Waals surface area contributed by atoms with E-state index in [0.29, 0.717) is 48.6 Å². The normalized spacial score (nSPS) is 25.1. The van der Waals surface area contributed by atoms with Gasteiger partial charge in [0.05, 0.1) is 29.8 Å². The number of sulfonamides is 1. The minimum absolute atomic E-state index is 0.0454. The molecule has 0 radical (unpaired) electrons. The molecule has 3 aliphatic rings. The molecule has 12 heteroatoms. The van der Waals surface area contributed by atoms with Crippen LogP contribution in [0.15, 0.2) is 102 Å². The number of hydrogen-bond donors (Lipinski definition) is 2. The number of para-hydroxylation sites is 1. The molecule has 1 fully saturated rings. The third-order valence-electron chi connectivity index (χ3n) is 11.2. The van der Waals surface area contributed by atoms with Crippen LogP contribution in [0.1, 0.15) is 69.8 Å². The third-order valence-corrected chi connectivity index (χ3v) is 13.1. The molecule has 1 aromatic heterocycles. The number of allylic oxidation sites excluding steroid dienone is 1. The fourth-order valence-corrected chi connectivity index (χ4v) is 11.0. The van der Waals surface area contributed by atoms with Crippen molar-refractivity contribution >= 4 is 26.6 Å². The summed E-state index contributed by atoms with van der Waals surface area (Å²) in [6.07, 6.45) is 12.5. The summed E-state index contributed by atoms with van der Waals surface area (Å²) >= 11 is 0. The highest BCUT2D eigenvalue weighted by molar-refractivity contribution is 7.89. The van der Waals surface area contributed by atoms with Crippen LogP contribution < -0.4 is 9.47 Å². The molecule has 0 spiro atoms. The number of rotatable bonds is 20. The third kappa shape index (κ3) is 7.97. The highest BCUT2D eigenvalue weighted by Crippen LogP contribution is 2.62. The maximum absolute atomic E-state index is 15.3. The number of hydrogen-bond acceptors (Lipinski definition) is 10. The fourth-order valence-electron chi connectivity index (χ4n) is 9.05. The standard InChI is InChI=1S/C43H55N3O8S/c1-5-22-46(55(49,50)38-18-12-15-30-16-13-21-44-42(30)38)39-29-36(45-51-4)34-27-31(14-8-10-23-47)33(17-9-11-24-48)40-35-28-32(52-25-6-2)19-20-37(35)54-43(39,41(34)40)53-26-7-3/h6-7,12-13,15-16,18-21,27-28,31,33,39-41,47-48H,2-3,5,8-11,14,17,22-26,29H2,1,4H3. The molecule has 2 heterocycles. The second-order valence-electron chi connectivity index (χ2n) is 14.5. The van der Waals surface area contributed by atoms with Gasteiger partial charge in [-0.2, -0.15) is 4.31 Å². The van der Waals surface area contributed by atoms with Gasteiger partial charge in [-0.05, 0) is 79.8 Å². The zero-order valence-corrected chi connectivity index (χ0v) is 32.8. The van der Waals surface area contributed by atoms with Crippen molar-refractivity contribution in [1.82, 2.24) is 9.29 Å². The van der Waals surface area contributed by atoms with Crippen molar-refractivity contribution in [1.29, 1.82) is 0 Å². The molecule has 3 aromatic rings. The van der Waals surface area contributed by atoms with Crippen molar-refractivity contribution in [3.05, 3.63) is 97.3 Å². The summed E-state index contributed by atoms with van der Waals surface area (Å²) in [6, 6.07) is 13.8. The van der Waals surface area contributed by atoms with Gasteiger partial charge in [0.1, 0.15) is 30.1 Å². The van der Waals surface area contributed by atoms with Crippen LogP contribution in [0.2, 0.25) is 0 Å². The first-order valence-corrected chi connectivity index (χ1v) is 20.9. The minimum Gasteiger partial charge on any atom is -0.490 e. The van der Waals surface area contributed by atoms with Gasteiger partial charge < -0.3 is 29.3 Å². The van der Waals surface area contributed by atoms with Crippen LogP contribution in [0, 0.1) is 17.8 Å². The number of ether oxygens (including phenoxy) is 3. The fraction of sp³-hybridized carbons (Fsp3) is 0.488. The first-order valence-electron chi connectivity index (χ1n) is 19.5. The van der Waals surface area contributed by atoms with E-state index in [9.17, 15) is 10.2 Å². The Morgan fingerprint density at radius 3 is 2.53 bits per heavy atom. The molecule has 0 bridgehead atoms. The van der Waals surface area contributed by atoms with E-state index in [2.05, 4.69) is 29.4 Å². The monoisotopic (exact) mass is 773 g/mol. The molecule has 6 unspecified atom stereocenters. The lowest BCUT2D eigenvalue weighted by molar-refractivity contribution is -0.251. The zero-order chi connectivity index (χ0) is 39.0. The summed E-state index contributed by atoms with van der Waals surface area (Å²) in [5.74, 6) is -0.872. The van der Waals surface area contributed by atoms with E-state index < -0.39 is 27.8 Å². The Kier molecular flexibility index (Phi) is 13.5. The van der Waals surface area contributed by atoms with Crippen LogP contribution in [0.3, 0.4) is 0 Å². The molecular formula is C43H55N3O8S. The number of fused-ring (bicyclic) bond motifs is 3. The van der Waals surface area contributed by atoms with E-state index in [4.69, 9.17) is 19.0 Å². The zero-order valence-electron chi connectivity index (χ0n) is 32.0. The van der Waals surface area contributed by atoms with E-state index in [1.807, 2.05) is 37.3 Å². The number of benzene rings is 2. The molecule has 1 saturated carbocycles. The summed E-state index contributed by atoms with van der Waals surface area (Å²) in [6.45, 7) is 10.6. The largest absolute Gasteiger partial charge is 0.490 e. The number of unbranched alkanes of at least 4 members (excludes halogenated alkanes) is 2. The van der Waals surface area contributed by atoms with E-state index in [0.717, 1.165) is 42.2 Å². The molecule has 6 atom stereocenters. The number of nitrogens with zero attached hydrogens (tertiary/aromatic N) is 3. The predicted molar refractivity (Wildman–Crippen MR) is 214 cm³/mol. The second-order valence-corrected chi connectivity index (χ2v) is 16.4. The van der Waals surface area contributed by atoms with Crippen LogP contribution in [0.5, 0.6) is 11.5 Å². The first-order chi connectivity index (χ1) is 26.8. The summed E-state index contributed by atoms with van der Waals surface area (Å²) in [7, 11) is -2.72. The molecule has 296 valence electrons. The lowest BCUT2D eigenvalue weighted by Crippen LogP contribution is -2.70. The minimum atomic E-state index is -4.23. The van der Waals surface area contributed by atoms with Gasteiger partial charge in [-0.3, -0.25) is 4.98 Å². The van der Waals surface area contributed by atoms with Crippen molar-refractivity contribution in [2.45, 2.75) is 80.9 Å². The van der Waals surface area contributed by atoms with Crippen LogP contribution in [0.25, 0.3) is 10.9 Å². The molecule has 6 rings (SSSR count). The molecule has 1 aliphatic heterocycles. The van der Waals surface area contributed by atoms with Crippen molar-refractivity contribution in [3.63, 3.8) is 0 Å². The Morgan fingerprint density at radius 2 is 1.80 bits per heavy atom. The van der Waals surface area contributed by atoms with Gasteiger partial charge >= 0.3 is 0 Å². The van der Waals surface area contributed by atoms with Crippen molar-refractivity contribution in [2.24, 2.45) is 22.9 Å². The quantitative estimate of drug-likeness (QED) is 0.0696. The lowest BCUT2D eigenvalue weighted by Gasteiger charge is -2.59. The van der Waals surface area contributed by atoms with E-state index in [-0.39, 0.29) is 55.4 Å². The summed E-state index contributed by atoms with van der Waals surface area (Å²) in [5, 5.41) is 25.0. The Balaban J connectivity index is 1.63. The molecule has 0 saturated heterocycles. The average Bonchev–Trinajstić information content (AvgIpc) is 3.20. The molecule has 55 heavy (non-hydrogen) atoms. The van der Waals surface area contributed by atoms with Gasteiger partial charge in [0.25, 0.3) is 0 Å². The summed E-state index contributed by atoms with van der Waals surface area (Å²) < 4.78 is 52.4. The highest BCUT2D eigenvalue weighted by atomic mass is 32.2. The number of aromatic nitrogens is 1. The second kappa shape index (κ2) is 18.3. The van der Waals surface area contributed by atoms with Crippen LogP contribution in [0.4, 0.5) is 0 Å². The topological polar surface area (TPSA) is 140 Å². The van der Waals surface area contributed by atoms with Gasteiger partial charge in [-0.25, -0.2) is 8.42 Å². The molecule has 2 aromatic carbocycles. The van der Waals surface area contributed by atoms with Crippen molar-refractivity contribution in [3.8, 4) is 11.5 Å². The van der Waals surface area contributed by atoms with Crippen LogP contribution >= 0.6 is 0 Å². The maximum atomic E-state index is 15.3. The van der Waals surface area contributed by atoms with Crippen molar-refractivity contribution < 1.29 is 37.7 Å². The van der Waals surface area contributed by atoms with E-state index in [1.54, 1.807) is 40.9 Å². The van der Waals surface area contributed by atoms with Gasteiger partial charge in [-0.15, -0.1) is 6.58 Å². The number of aliphatic hydroxyl groups excluding tert-OH is 2. The van der Waals surface area contributed by atoms with Crippen LogP contribution in [-0.2, 0) is 19.6 Å². The molecular weight excluding hydrogens is 719 g/mol. The number of pyridine rings is 1. The first kappa shape index (κ1) is 40.6. The Morgan fingerprint density at radius 1 is 1.04 bits per heavy atom. The molecule has 11 nitrogen and oxygen atoms in total. The summed E-state index contributed by atoms with van der Waals surface area (Å²) in [5.41, 5.74) is 2.88. The van der Waals surface area contributed by atoms with E-state index in [1.165, 1.54) is 7.11 Å². The van der Waals surface area contributed by atoms with Gasteiger partial charge in [0.15, 0.2) is 0 Å². The van der Waals surface area contributed by atoms with Gasteiger partial charge in [-0.1, -0.05) is 67.9 Å².